The fourth-order valence-electron chi connectivity index (χ4n) is 2.81. The first kappa shape index (κ1) is 15.1. The highest BCUT2D eigenvalue weighted by atomic mass is 16.5. The summed E-state index contributed by atoms with van der Waals surface area (Å²) in [6.45, 7) is 2.03. The van der Waals surface area contributed by atoms with Crippen molar-refractivity contribution in [2.75, 3.05) is 7.11 Å². The molecule has 0 bridgehead atoms. The second kappa shape index (κ2) is 5.76. The molecular weight excluding hydrogens is 289 g/mol. The molecule has 114 valence electrons. The Kier molecular flexibility index (Phi) is 3.78. The number of carbonyl (C=O) groups is 2. The number of aryl methyl sites for hydroxylation is 1. The summed E-state index contributed by atoms with van der Waals surface area (Å²) in [5.74, 6) is -0.743. The van der Waals surface area contributed by atoms with E-state index >= 15 is 0 Å². The molecule has 0 amide bonds. The molecule has 1 aromatic heterocycles. The number of methoxy groups -OCH3 is 1. The van der Waals surface area contributed by atoms with Crippen molar-refractivity contribution in [1.82, 2.24) is 4.57 Å². The summed E-state index contributed by atoms with van der Waals surface area (Å²) in [7, 11) is 2.75. The van der Waals surface area contributed by atoms with Gasteiger partial charge < -0.3 is 4.74 Å². The van der Waals surface area contributed by atoms with E-state index in [0.717, 1.165) is 16.5 Å². The second-order valence-corrected chi connectivity index (χ2v) is 5.48. The van der Waals surface area contributed by atoms with Crippen molar-refractivity contribution in [3.63, 3.8) is 0 Å². The predicted octanol–water partition coefficient (Wildman–Crippen LogP) is 3.00. The highest BCUT2D eigenvalue weighted by Crippen LogP contribution is 2.31. The minimum Gasteiger partial charge on any atom is -0.464 e. The van der Waals surface area contributed by atoms with Crippen molar-refractivity contribution >= 4 is 30.5 Å². The second-order valence-electron chi connectivity index (χ2n) is 5.48. The van der Waals surface area contributed by atoms with Crippen molar-refractivity contribution in [1.29, 1.82) is 0 Å². The van der Waals surface area contributed by atoms with Crippen LogP contribution in [0.2, 0.25) is 0 Å². The van der Waals surface area contributed by atoms with Crippen molar-refractivity contribution in [3.8, 4) is 11.1 Å². The molecule has 0 aliphatic rings. The SMILES string of the molecule is BC(=O)n1c(C(=O)OC)cc2c(-c3ccc(C)cc3)cccc21. The van der Waals surface area contributed by atoms with E-state index in [0.29, 0.717) is 5.52 Å². The third-order valence-electron chi connectivity index (χ3n) is 3.92. The zero-order valence-corrected chi connectivity index (χ0v) is 13.3. The van der Waals surface area contributed by atoms with Gasteiger partial charge >= 0.3 is 5.97 Å². The molecule has 3 rings (SSSR count). The van der Waals surface area contributed by atoms with E-state index in [2.05, 4.69) is 0 Å². The number of hydrogen-bond donors (Lipinski definition) is 0. The van der Waals surface area contributed by atoms with Crippen LogP contribution in [0, 0.1) is 6.92 Å². The Morgan fingerprint density at radius 3 is 2.39 bits per heavy atom. The number of esters is 1. The molecule has 0 aliphatic carbocycles. The molecular formula is C18H16BNO3. The Hall–Kier alpha value is -2.82. The molecule has 0 saturated carbocycles. The minimum atomic E-state index is -0.522. The standard InChI is InChI=1S/C18H16BNO3/c1-11-6-8-12(9-7-11)13-4-3-5-15-14(13)10-16(17(21)23-2)20(15)18(19)22/h3-10H,19H2,1-2H3. The average molecular weight is 305 g/mol. The fourth-order valence-corrected chi connectivity index (χ4v) is 2.81. The van der Waals surface area contributed by atoms with Gasteiger partial charge in [-0.05, 0) is 30.2 Å². The number of fused-ring (bicyclic) bond motifs is 1. The van der Waals surface area contributed by atoms with Crippen LogP contribution >= 0.6 is 0 Å². The Balaban J connectivity index is 2.32. The summed E-state index contributed by atoms with van der Waals surface area (Å²) in [6, 6.07) is 15.6. The molecule has 0 radical (unpaired) electrons. The topological polar surface area (TPSA) is 48.3 Å². The van der Waals surface area contributed by atoms with Gasteiger partial charge in [-0.3, -0.25) is 9.36 Å². The maximum Gasteiger partial charge on any atom is 0.355 e. The smallest absolute Gasteiger partial charge is 0.355 e. The van der Waals surface area contributed by atoms with Gasteiger partial charge in [0.1, 0.15) is 5.69 Å². The van der Waals surface area contributed by atoms with Crippen LogP contribution in [0.5, 0.6) is 0 Å². The summed E-state index contributed by atoms with van der Waals surface area (Å²) < 4.78 is 6.21. The molecule has 0 unspecified atom stereocenters. The van der Waals surface area contributed by atoms with Crippen LogP contribution in [0.3, 0.4) is 0 Å². The van der Waals surface area contributed by atoms with Crippen LogP contribution in [0.15, 0.2) is 48.5 Å². The van der Waals surface area contributed by atoms with E-state index in [1.165, 1.54) is 25.1 Å². The third kappa shape index (κ3) is 2.54. The summed E-state index contributed by atoms with van der Waals surface area (Å²) >= 11 is 0. The van der Waals surface area contributed by atoms with Crippen LogP contribution < -0.4 is 0 Å². The Labute approximate surface area is 135 Å². The highest BCUT2D eigenvalue weighted by Gasteiger charge is 2.20. The first-order valence-electron chi connectivity index (χ1n) is 7.33. The zero-order valence-electron chi connectivity index (χ0n) is 13.3. The monoisotopic (exact) mass is 305 g/mol. The predicted molar refractivity (Wildman–Crippen MR) is 92.8 cm³/mol. The fraction of sp³-hybridized carbons (Fsp3) is 0.111. The molecule has 0 atom stereocenters. The van der Waals surface area contributed by atoms with Crippen molar-refractivity contribution in [2.24, 2.45) is 0 Å². The van der Waals surface area contributed by atoms with Gasteiger partial charge in [-0.15, -0.1) is 0 Å². The number of rotatable bonds is 2. The van der Waals surface area contributed by atoms with Crippen LogP contribution in [-0.4, -0.2) is 31.3 Å². The van der Waals surface area contributed by atoms with E-state index in [-0.39, 0.29) is 11.5 Å². The van der Waals surface area contributed by atoms with Gasteiger partial charge in [-0.25, -0.2) is 4.79 Å². The summed E-state index contributed by atoms with van der Waals surface area (Å²) in [4.78, 5) is 24.0. The Morgan fingerprint density at radius 2 is 1.78 bits per heavy atom. The molecule has 1 heterocycles. The summed E-state index contributed by atoms with van der Waals surface area (Å²) in [5, 5.41) is 0.854. The van der Waals surface area contributed by atoms with Gasteiger partial charge in [-0.2, -0.15) is 0 Å². The molecule has 0 saturated heterocycles. The molecule has 5 heteroatoms. The van der Waals surface area contributed by atoms with Gasteiger partial charge in [0, 0.05) is 5.39 Å². The lowest BCUT2D eigenvalue weighted by atomic mass is 10.0. The quantitative estimate of drug-likeness (QED) is 0.540. The molecule has 0 fully saturated rings. The van der Waals surface area contributed by atoms with Crippen LogP contribution in [-0.2, 0) is 4.74 Å². The van der Waals surface area contributed by atoms with E-state index in [9.17, 15) is 9.59 Å². The first-order chi connectivity index (χ1) is 11.0. The number of ether oxygens (including phenoxy) is 1. The molecule has 4 nitrogen and oxygen atoms in total. The molecule has 3 aromatic rings. The molecule has 2 aromatic carbocycles. The van der Waals surface area contributed by atoms with E-state index in [4.69, 9.17) is 4.74 Å². The lowest BCUT2D eigenvalue weighted by Crippen LogP contribution is -2.16. The number of hydrogen-bond acceptors (Lipinski definition) is 3. The normalized spacial score (nSPS) is 10.7. The van der Waals surface area contributed by atoms with Crippen molar-refractivity contribution in [3.05, 3.63) is 59.8 Å². The van der Waals surface area contributed by atoms with Gasteiger partial charge in [0.15, 0.2) is 5.81 Å². The van der Waals surface area contributed by atoms with E-state index in [1.807, 2.05) is 49.4 Å². The summed E-state index contributed by atoms with van der Waals surface area (Å²) in [6.07, 6.45) is 0. The Bertz CT molecular complexity index is 910. The number of aromatic nitrogens is 1. The maximum absolute atomic E-state index is 12.0. The van der Waals surface area contributed by atoms with E-state index < -0.39 is 5.97 Å². The molecule has 0 aliphatic heterocycles. The lowest BCUT2D eigenvalue weighted by Gasteiger charge is -2.07. The number of benzene rings is 2. The van der Waals surface area contributed by atoms with Crippen molar-refractivity contribution < 1.29 is 14.3 Å². The summed E-state index contributed by atoms with van der Waals surface area (Å²) in [5.41, 5.74) is 4.15. The minimum absolute atomic E-state index is 0.221. The largest absolute Gasteiger partial charge is 0.464 e. The molecule has 23 heavy (non-hydrogen) atoms. The van der Waals surface area contributed by atoms with Gasteiger partial charge in [0.25, 0.3) is 0 Å². The number of nitrogens with zero attached hydrogens (tertiary/aromatic N) is 1. The first-order valence-corrected chi connectivity index (χ1v) is 7.33. The van der Waals surface area contributed by atoms with Gasteiger partial charge in [0.2, 0.25) is 7.85 Å². The van der Waals surface area contributed by atoms with Gasteiger partial charge in [0.05, 0.1) is 12.6 Å². The zero-order chi connectivity index (χ0) is 16.6. The lowest BCUT2D eigenvalue weighted by molar-refractivity contribution is 0.0591. The van der Waals surface area contributed by atoms with Crippen LogP contribution in [0.1, 0.15) is 16.1 Å². The van der Waals surface area contributed by atoms with Crippen molar-refractivity contribution in [2.45, 2.75) is 6.92 Å². The van der Waals surface area contributed by atoms with Crippen LogP contribution in [0.4, 0.5) is 4.79 Å². The third-order valence-corrected chi connectivity index (χ3v) is 3.92. The average Bonchev–Trinajstić information content (AvgIpc) is 2.94. The highest BCUT2D eigenvalue weighted by molar-refractivity contribution is 6.58. The molecule has 0 N–H and O–H groups in total. The molecule has 0 spiro atoms. The Morgan fingerprint density at radius 1 is 1.09 bits per heavy atom. The van der Waals surface area contributed by atoms with Gasteiger partial charge in [-0.1, -0.05) is 42.0 Å². The van der Waals surface area contributed by atoms with E-state index in [1.54, 1.807) is 6.07 Å². The maximum atomic E-state index is 12.0. The number of carbonyl (C=O) groups excluding carboxylic acids is 2. The van der Waals surface area contributed by atoms with Crippen LogP contribution in [0.25, 0.3) is 22.0 Å².